The lowest BCUT2D eigenvalue weighted by Crippen LogP contribution is -2.51. The number of hydrogen-bond acceptors (Lipinski definition) is 7. The number of nitrogens with zero attached hydrogens (tertiary/aromatic N) is 4. The van der Waals surface area contributed by atoms with Crippen LogP contribution in [-0.4, -0.2) is 67.3 Å². The molecule has 36 heavy (non-hydrogen) atoms. The third kappa shape index (κ3) is 5.56. The first-order valence-electron chi connectivity index (χ1n) is 12.8. The van der Waals surface area contributed by atoms with E-state index in [9.17, 15) is 0 Å². The van der Waals surface area contributed by atoms with E-state index in [1.807, 2.05) is 12.1 Å². The highest BCUT2D eigenvalue weighted by Crippen LogP contribution is 2.35. The van der Waals surface area contributed by atoms with E-state index in [1.165, 1.54) is 38.8 Å². The van der Waals surface area contributed by atoms with Crippen molar-refractivity contribution in [3.63, 3.8) is 0 Å². The smallest absolute Gasteiger partial charge is 0.318 e. The molecule has 4 heterocycles. The molecule has 7 nitrogen and oxygen atoms in total. The Balaban J connectivity index is 0.000000330. The van der Waals surface area contributed by atoms with Crippen LogP contribution in [0.1, 0.15) is 31.2 Å². The molecule has 0 saturated carbocycles. The summed E-state index contributed by atoms with van der Waals surface area (Å²) in [7, 11) is 3.79. The molecule has 2 aromatic carbocycles. The quantitative estimate of drug-likeness (QED) is 0.426. The second-order valence-electron chi connectivity index (χ2n) is 9.86. The number of ether oxygens (including phenoxy) is 1. The maximum atomic E-state index is 6.27. The van der Waals surface area contributed by atoms with E-state index in [-0.39, 0.29) is 0 Å². The Kier molecular flexibility index (Phi) is 8.29. The maximum Gasteiger partial charge on any atom is 0.318 e. The van der Waals surface area contributed by atoms with Gasteiger partial charge in [-0.15, -0.1) is 12.8 Å². The molecule has 0 aliphatic carbocycles. The van der Waals surface area contributed by atoms with Gasteiger partial charge in [0.2, 0.25) is 0 Å². The van der Waals surface area contributed by atoms with Crippen LogP contribution < -0.4 is 20.7 Å². The average molecular weight is 487 g/mol. The highest BCUT2D eigenvalue weighted by Gasteiger charge is 2.33. The number of nitrogen functional groups attached to an aromatic ring is 1. The summed E-state index contributed by atoms with van der Waals surface area (Å²) in [6.07, 6.45) is 13.3. The van der Waals surface area contributed by atoms with Crippen molar-refractivity contribution in [3.05, 3.63) is 42.0 Å². The van der Waals surface area contributed by atoms with Crippen molar-refractivity contribution in [1.29, 1.82) is 0 Å². The van der Waals surface area contributed by atoms with E-state index in [0.29, 0.717) is 18.1 Å². The van der Waals surface area contributed by atoms with Crippen molar-refractivity contribution in [3.8, 4) is 30.0 Å². The van der Waals surface area contributed by atoms with E-state index < -0.39 is 0 Å². The minimum atomic E-state index is 0.406. The second-order valence-corrected chi connectivity index (χ2v) is 9.86. The van der Waals surface area contributed by atoms with Gasteiger partial charge >= 0.3 is 6.01 Å². The van der Waals surface area contributed by atoms with Gasteiger partial charge < -0.3 is 25.6 Å². The Morgan fingerprint density at radius 3 is 2.31 bits per heavy atom. The highest BCUT2D eigenvalue weighted by molar-refractivity contribution is 5.94. The van der Waals surface area contributed by atoms with E-state index in [0.717, 1.165) is 52.2 Å². The number of terminal acetylenes is 1. The highest BCUT2D eigenvalue weighted by atomic mass is 16.5. The number of nitrogens with two attached hydrogens (primary N) is 1. The van der Waals surface area contributed by atoms with Gasteiger partial charge in [0.1, 0.15) is 5.82 Å². The number of hydrogen-bond donors (Lipinski definition) is 2. The molecular weight excluding hydrogens is 448 g/mol. The van der Waals surface area contributed by atoms with Crippen molar-refractivity contribution < 1.29 is 4.74 Å². The van der Waals surface area contributed by atoms with Crippen LogP contribution in [0.2, 0.25) is 0 Å². The summed E-state index contributed by atoms with van der Waals surface area (Å²) in [6, 6.07) is 13.8. The fourth-order valence-electron chi connectivity index (χ4n) is 5.51. The molecule has 0 radical (unpaired) electrons. The summed E-state index contributed by atoms with van der Waals surface area (Å²) in [4.78, 5) is 14.1. The summed E-state index contributed by atoms with van der Waals surface area (Å²) in [5.41, 5.74) is 11.2. The minimum absolute atomic E-state index is 0.406. The molecule has 2 bridgehead atoms. The fraction of sp³-hybridized carbons (Fsp3) is 0.448. The number of methoxy groups -OCH3 is 1. The van der Waals surface area contributed by atoms with Crippen LogP contribution in [-0.2, 0) is 0 Å². The molecule has 3 N–H and O–H groups in total. The monoisotopic (exact) mass is 486 g/mol. The van der Waals surface area contributed by atoms with Crippen LogP contribution in [0.5, 0.6) is 6.01 Å². The molecule has 2 unspecified atom stereocenters. The summed E-state index contributed by atoms with van der Waals surface area (Å²) < 4.78 is 5.43. The first-order chi connectivity index (χ1) is 17.5. The lowest BCUT2D eigenvalue weighted by atomic mass is 9.97. The number of fused-ring (bicyclic) bond motifs is 3. The van der Waals surface area contributed by atoms with Crippen LogP contribution >= 0.6 is 0 Å². The van der Waals surface area contributed by atoms with E-state index in [1.54, 1.807) is 7.11 Å². The Hall–Kier alpha value is -3.34. The molecule has 6 rings (SSSR count). The van der Waals surface area contributed by atoms with Crippen LogP contribution in [0, 0.1) is 19.8 Å². The van der Waals surface area contributed by atoms with Gasteiger partial charge in [0.25, 0.3) is 0 Å². The number of anilines is 2. The van der Waals surface area contributed by atoms with Gasteiger partial charge in [-0.1, -0.05) is 18.2 Å². The van der Waals surface area contributed by atoms with Crippen molar-refractivity contribution in [2.45, 2.75) is 44.7 Å². The van der Waals surface area contributed by atoms with E-state index in [4.69, 9.17) is 15.5 Å². The largest absolute Gasteiger partial charge is 0.467 e. The molecule has 0 spiro atoms. The van der Waals surface area contributed by atoms with Gasteiger partial charge in [-0.2, -0.15) is 9.97 Å². The number of nitrogens with one attached hydrogen (secondary N) is 1. The molecular formula is C29H38N6O. The van der Waals surface area contributed by atoms with Crippen LogP contribution in [0.25, 0.3) is 22.0 Å². The zero-order valence-electron chi connectivity index (χ0n) is 21.7. The molecule has 3 aliphatic rings. The Morgan fingerprint density at radius 2 is 1.72 bits per heavy atom. The number of aromatic nitrogens is 2. The van der Waals surface area contributed by atoms with Crippen LogP contribution in [0.4, 0.5) is 11.5 Å². The molecule has 3 fully saturated rings. The van der Waals surface area contributed by atoms with Gasteiger partial charge in [0.05, 0.1) is 12.6 Å². The molecule has 3 saturated heterocycles. The van der Waals surface area contributed by atoms with Gasteiger partial charge in [-0.05, 0) is 82.1 Å². The van der Waals surface area contributed by atoms with Gasteiger partial charge in [-0.3, -0.25) is 0 Å². The van der Waals surface area contributed by atoms with Crippen molar-refractivity contribution in [2.24, 2.45) is 0 Å². The van der Waals surface area contributed by atoms with Crippen LogP contribution in [0.15, 0.2) is 36.4 Å². The van der Waals surface area contributed by atoms with E-state index in [2.05, 4.69) is 71.2 Å². The number of benzene rings is 2. The molecule has 2 atom stereocenters. The average Bonchev–Trinajstić information content (AvgIpc) is 3.51. The molecule has 3 aromatic rings. The summed E-state index contributed by atoms with van der Waals surface area (Å²) >= 11 is 0. The zero-order valence-corrected chi connectivity index (χ0v) is 21.7. The summed E-state index contributed by atoms with van der Waals surface area (Å²) in [5, 5.41) is 4.73. The van der Waals surface area contributed by atoms with Crippen molar-refractivity contribution in [2.75, 3.05) is 51.0 Å². The third-order valence-electron chi connectivity index (χ3n) is 7.28. The number of aryl methyl sites for hydroxylation is 1. The second kappa shape index (κ2) is 11.6. The summed E-state index contributed by atoms with van der Waals surface area (Å²) in [5.74, 6) is 0.963. The van der Waals surface area contributed by atoms with Crippen LogP contribution in [0.3, 0.4) is 0 Å². The molecule has 1 aromatic heterocycles. The Bertz CT molecular complexity index is 1170. The normalized spacial score (nSPS) is 20.9. The van der Waals surface area contributed by atoms with Crippen molar-refractivity contribution in [1.82, 2.24) is 20.2 Å². The SMILES string of the molecule is C#C.CN1CCCC1.COc1nc(N2CC3CCC(C2)N3)c2ccc(-c3c(C)cccc3N)cc2n1. The predicted molar refractivity (Wildman–Crippen MR) is 149 cm³/mol. The predicted octanol–water partition coefficient (Wildman–Crippen LogP) is 4.10. The number of likely N-dealkylation sites (tertiary alicyclic amines) is 1. The van der Waals surface area contributed by atoms with Gasteiger partial charge in [0, 0.05) is 41.8 Å². The first-order valence-corrected chi connectivity index (χ1v) is 12.8. The molecule has 3 aliphatic heterocycles. The topological polar surface area (TPSA) is 79.5 Å². The molecule has 7 heteroatoms. The maximum absolute atomic E-state index is 6.27. The first kappa shape index (κ1) is 25.7. The number of rotatable bonds is 3. The minimum Gasteiger partial charge on any atom is -0.467 e. The summed E-state index contributed by atoms with van der Waals surface area (Å²) in [6.45, 7) is 6.66. The Labute approximate surface area is 215 Å². The lowest BCUT2D eigenvalue weighted by Gasteiger charge is -2.34. The zero-order chi connectivity index (χ0) is 25.7. The van der Waals surface area contributed by atoms with Crippen molar-refractivity contribution >= 4 is 22.4 Å². The van der Waals surface area contributed by atoms with Gasteiger partial charge in [0.15, 0.2) is 0 Å². The van der Waals surface area contributed by atoms with E-state index >= 15 is 0 Å². The Morgan fingerprint density at radius 1 is 1.03 bits per heavy atom. The van der Waals surface area contributed by atoms with Gasteiger partial charge in [-0.25, -0.2) is 0 Å². The standard InChI is InChI=1S/C22H25N5O.C5H11N.C2H2/c1-13-4-3-5-18(23)20(13)14-6-9-17-19(10-14)25-22(28-2)26-21(17)27-11-15-7-8-16(12-27)24-15;1-6-4-2-3-5-6;1-2/h3-6,9-10,15-16,24H,7-8,11-12,23H2,1-2H3;2-5H2,1H3;1-2H. The molecule has 190 valence electrons. The number of piperazine rings is 1. The fourth-order valence-corrected chi connectivity index (χ4v) is 5.51. The third-order valence-corrected chi connectivity index (χ3v) is 7.28. The molecule has 0 amide bonds. The lowest BCUT2D eigenvalue weighted by molar-refractivity contribution is 0.380.